The highest BCUT2D eigenvalue weighted by molar-refractivity contribution is 5.86. The van der Waals surface area contributed by atoms with E-state index in [0.717, 1.165) is 50.0 Å². The van der Waals surface area contributed by atoms with Crippen LogP contribution in [0, 0.1) is 0 Å². The van der Waals surface area contributed by atoms with Crippen molar-refractivity contribution in [3.05, 3.63) is 48.5 Å². The Labute approximate surface area is 149 Å². The number of hydrogen-bond acceptors (Lipinski definition) is 3. The number of likely N-dealkylation sites (tertiary alicyclic amines) is 1. The molecule has 0 atom stereocenters. The molecule has 1 aromatic heterocycles. The van der Waals surface area contributed by atoms with Crippen molar-refractivity contribution in [3.8, 4) is 5.69 Å². The van der Waals surface area contributed by atoms with Crippen LogP contribution in [0.25, 0.3) is 5.69 Å². The summed E-state index contributed by atoms with van der Waals surface area (Å²) >= 11 is 0. The molecule has 0 radical (unpaired) electrons. The normalized spacial score (nSPS) is 20.0. The van der Waals surface area contributed by atoms with E-state index in [-0.39, 0.29) is 11.4 Å². The lowest BCUT2D eigenvalue weighted by molar-refractivity contribution is -0.133. The molecule has 0 bridgehead atoms. The third-order valence-electron chi connectivity index (χ3n) is 5.78. The summed E-state index contributed by atoms with van der Waals surface area (Å²) in [5, 5.41) is 3.25. The van der Waals surface area contributed by atoms with E-state index in [1.54, 1.807) is 12.5 Å². The molecule has 5 heteroatoms. The maximum Gasteiger partial charge on any atom is 0.240 e. The number of imidazole rings is 1. The Morgan fingerprint density at radius 2 is 1.88 bits per heavy atom. The number of carbonyl (C=O) groups is 1. The van der Waals surface area contributed by atoms with Crippen LogP contribution < -0.4 is 5.32 Å². The van der Waals surface area contributed by atoms with Gasteiger partial charge in [0.15, 0.2) is 0 Å². The lowest BCUT2D eigenvalue weighted by atomic mass is 9.94. The maximum atomic E-state index is 13.2. The molecule has 1 aromatic carbocycles. The molecule has 1 saturated heterocycles. The Hall–Kier alpha value is -2.14. The van der Waals surface area contributed by atoms with Crippen LogP contribution in [-0.4, -0.2) is 39.0 Å². The topological polar surface area (TPSA) is 50.2 Å². The molecule has 1 aliphatic carbocycles. The van der Waals surface area contributed by atoms with Crippen LogP contribution in [-0.2, 0) is 11.3 Å². The van der Waals surface area contributed by atoms with Gasteiger partial charge in [-0.25, -0.2) is 4.98 Å². The smallest absolute Gasteiger partial charge is 0.240 e. The molecule has 1 aliphatic heterocycles. The van der Waals surface area contributed by atoms with E-state index in [1.165, 1.54) is 12.8 Å². The third kappa shape index (κ3) is 3.09. The second-order valence-electron chi connectivity index (χ2n) is 7.21. The van der Waals surface area contributed by atoms with Crippen molar-refractivity contribution < 1.29 is 4.79 Å². The zero-order chi connectivity index (χ0) is 17.1. The molecular formula is C20H26N4O. The fourth-order valence-corrected chi connectivity index (χ4v) is 4.45. The summed E-state index contributed by atoms with van der Waals surface area (Å²) in [4.78, 5) is 19.7. The number of benzene rings is 1. The Kier molecular flexibility index (Phi) is 4.57. The summed E-state index contributed by atoms with van der Waals surface area (Å²) in [6.45, 7) is 2.70. The van der Waals surface area contributed by atoms with Crippen LogP contribution in [0.3, 0.4) is 0 Å². The van der Waals surface area contributed by atoms with E-state index >= 15 is 0 Å². The molecule has 5 nitrogen and oxygen atoms in total. The average molecular weight is 338 g/mol. The van der Waals surface area contributed by atoms with Gasteiger partial charge < -0.3 is 9.88 Å². The molecule has 2 aliphatic rings. The summed E-state index contributed by atoms with van der Waals surface area (Å²) in [6, 6.07) is 8.18. The van der Waals surface area contributed by atoms with E-state index in [2.05, 4.69) is 27.3 Å². The van der Waals surface area contributed by atoms with Crippen molar-refractivity contribution in [2.75, 3.05) is 13.1 Å². The van der Waals surface area contributed by atoms with Crippen LogP contribution in [0.2, 0.25) is 0 Å². The molecule has 2 heterocycles. The van der Waals surface area contributed by atoms with Crippen molar-refractivity contribution in [1.82, 2.24) is 19.8 Å². The number of hydrogen-bond donors (Lipinski definition) is 1. The highest BCUT2D eigenvalue weighted by Crippen LogP contribution is 2.37. The number of aromatic nitrogens is 2. The van der Waals surface area contributed by atoms with Crippen molar-refractivity contribution in [2.24, 2.45) is 0 Å². The van der Waals surface area contributed by atoms with E-state index in [4.69, 9.17) is 0 Å². The summed E-state index contributed by atoms with van der Waals surface area (Å²) in [5.41, 5.74) is 1.92. The number of para-hydroxylation sites is 1. The van der Waals surface area contributed by atoms with Gasteiger partial charge in [0, 0.05) is 18.9 Å². The van der Waals surface area contributed by atoms with E-state index < -0.39 is 0 Å². The standard InChI is InChI=1S/C20H26N4O/c25-19(20(9-3-4-10-20)24-12-5-6-13-24)22-15-17-7-1-2-8-18(17)23-14-11-21-16-23/h1-2,7-8,11,14,16H,3-6,9-10,12-13,15H2,(H,22,25). The molecule has 0 spiro atoms. The first kappa shape index (κ1) is 16.3. The summed E-state index contributed by atoms with van der Waals surface area (Å²) in [7, 11) is 0. The Balaban J connectivity index is 1.50. The molecule has 1 N–H and O–H groups in total. The van der Waals surface area contributed by atoms with Crippen molar-refractivity contribution >= 4 is 5.91 Å². The summed E-state index contributed by atoms with van der Waals surface area (Å²) in [6.07, 6.45) is 12.3. The van der Waals surface area contributed by atoms with Crippen LogP contribution in [0.15, 0.2) is 43.0 Å². The molecule has 4 rings (SSSR count). The number of nitrogens with one attached hydrogen (secondary N) is 1. The fraction of sp³-hybridized carbons (Fsp3) is 0.500. The van der Waals surface area contributed by atoms with Crippen molar-refractivity contribution in [1.29, 1.82) is 0 Å². The molecule has 2 aromatic rings. The minimum Gasteiger partial charge on any atom is -0.350 e. The zero-order valence-corrected chi connectivity index (χ0v) is 14.7. The lowest BCUT2D eigenvalue weighted by Gasteiger charge is -2.37. The van der Waals surface area contributed by atoms with Gasteiger partial charge in [0.25, 0.3) is 0 Å². The highest BCUT2D eigenvalue weighted by Gasteiger charge is 2.46. The first-order chi connectivity index (χ1) is 12.3. The van der Waals surface area contributed by atoms with Gasteiger partial charge in [0.1, 0.15) is 5.54 Å². The van der Waals surface area contributed by atoms with Gasteiger partial charge in [-0.05, 0) is 50.4 Å². The van der Waals surface area contributed by atoms with Gasteiger partial charge in [-0.15, -0.1) is 0 Å². The Morgan fingerprint density at radius 3 is 2.60 bits per heavy atom. The summed E-state index contributed by atoms with van der Waals surface area (Å²) < 4.78 is 1.99. The molecule has 25 heavy (non-hydrogen) atoms. The van der Waals surface area contributed by atoms with E-state index in [1.807, 2.05) is 22.9 Å². The maximum absolute atomic E-state index is 13.2. The number of rotatable bonds is 5. The van der Waals surface area contributed by atoms with Gasteiger partial charge in [0.2, 0.25) is 5.91 Å². The van der Waals surface area contributed by atoms with Gasteiger partial charge in [-0.1, -0.05) is 31.0 Å². The number of amides is 1. The average Bonchev–Trinajstić information content (AvgIpc) is 3.42. The number of nitrogens with zero attached hydrogens (tertiary/aromatic N) is 3. The Morgan fingerprint density at radius 1 is 1.12 bits per heavy atom. The minimum absolute atomic E-state index is 0.215. The minimum atomic E-state index is -0.263. The first-order valence-corrected chi connectivity index (χ1v) is 9.39. The lowest BCUT2D eigenvalue weighted by Crippen LogP contribution is -2.56. The summed E-state index contributed by atoms with van der Waals surface area (Å²) in [5.74, 6) is 0.215. The second-order valence-corrected chi connectivity index (χ2v) is 7.21. The van der Waals surface area contributed by atoms with Gasteiger partial charge in [0.05, 0.1) is 12.0 Å². The predicted octanol–water partition coefficient (Wildman–Crippen LogP) is 2.90. The van der Waals surface area contributed by atoms with Crippen LogP contribution in [0.4, 0.5) is 0 Å². The van der Waals surface area contributed by atoms with Gasteiger partial charge in [-0.2, -0.15) is 0 Å². The van der Waals surface area contributed by atoms with Gasteiger partial charge in [-0.3, -0.25) is 9.69 Å². The monoisotopic (exact) mass is 338 g/mol. The van der Waals surface area contributed by atoms with Crippen molar-refractivity contribution in [3.63, 3.8) is 0 Å². The molecule has 2 fully saturated rings. The van der Waals surface area contributed by atoms with Crippen molar-refractivity contribution in [2.45, 2.75) is 50.6 Å². The molecule has 1 amide bonds. The zero-order valence-electron chi connectivity index (χ0n) is 14.7. The third-order valence-corrected chi connectivity index (χ3v) is 5.78. The quantitative estimate of drug-likeness (QED) is 0.912. The van der Waals surface area contributed by atoms with Crippen LogP contribution >= 0.6 is 0 Å². The predicted molar refractivity (Wildman–Crippen MR) is 97.4 cm³/mol. The SMILES string of the molecule is O=C(NCc1ccccc1-n1ccnc1)C1(N2CCCC2)CCCC1. The Bertz CT molecular complexity index is 713. The van der Waals surface area contributed by atoms with Gasteiger partial charge >= 0.3 is 0 Å². The van der Waals surface area contributed by atoms with E-state index in [9.17, 15) is 4.79 Å². The van der Waals surface area contributed by atoms with E-state index in [0.29, 0.717) is 6.54 Å². The van der Waals surface area contributed by atoms with Crippen LogP contribution in [0.5, 0.6) is 0 Å². The fourth-order valence-electron chi connectivity index (χ4n) is 4.45. The van der Waals surface area contributed by atoms with Crippen LogP contribution in [0.1, 0.15) is 44.1 Å². The molecule has 1 saturated carbocycles. The largest absolute Gasteiger partial charge is 0.350 e. The highest BCUT2D eigenvalue weighted by atomic mass is 16.2. The first-order valence-electron chi connectivity index (χ1n) is 9.39. The molecule has 0 unspecified atom stereocenters. The molecular weight excluding hydrogens is 312 g/mol. The number of carbonyl (C=O) groups excluding carboxylic acids is 1. The second kappa shape index (κ2) is 7.00. The molecule has 132 valence electrons.